The zero-order valence-corrected chi connectivity index (χ0v) is 13.0. The van der Waals surface area contributed by atoms with E-state index in [1.54, 1.807) is 18.2 Å². The maximum absolute atomic E-state index is 12.5. The van der Waals surface area contributed by atoms with Crippen molar-refractivity contribution in [3.63, 3.8) is 0 Å². The predicted molar refractivity (Wildman–Crippen MR) is 83.4 cm³/mol. The second-order valence-corrected chi connectivity index (χ2v) is 5.44. The van der Waals surface area contributed by atoms with E-state index < -0.39 is 11.7 Å². The fourth-order valence-corrected chi connectivity index (χ4v) is 2.24. The minimum absolute atomic E-state index is 0.102. The molecule has 22 heavy (non-hydrogen) atoms. The monoisotopic (exact) mass is 366 g/mol. The van der Waals surface area contributed by atoms with E-state index in [9.17, 15) is 13.2 Å². The van der Waals surface area contributed by atoms with Crippen molar-refractivity contribution in [3.05, 3.63) is 63.0 Å². The number of hydrogen-bond donors (Lipinski definition) is 1. The normalized spacial score (nSPS) is 11.9. The standard InChI is InChI=1S/C14H8Cl3F3N2/c15-9-1-2-12(11(17)6-9)21-4-3-13-10(16)5-8(7-22-13)14(18,19)20/h1-7,21H/b4-3+. The zero-order valence-electron chi connectivity index (χ0n) is 10.8. The summed E-state index contributed by atoms with van der Waals surface area (Å²) in [5.41, 5.74) is -0.110. The van der Waals surface area contributed by atoms with Crippen LogP contribution in [0.1, 0.15) is 11.3 Å². The van der Waals surface area contributed by atoms with Crippen LogP contribution in [0.15, 0.2) is 36.7 Å². The van der Waals surface area contributed by atoms with E-state index >= 15 is 0 Å². The summed E-state index contributed by atoms with van der Waals surface area (Å²) in [6.45, 7) is 0. The highest BCUT2D eigenvalue weighted by Crippen LogP contribution is 2.31. The molecule has 0 radical (unpaired) electrons. The van der Waals surface area contributed by atoms with E-state index in [0.717, 1.165) is 12.3 Å². The van der Waals surface area contributed by atoms with Gasteiger partial charge in [-0.05, 0) is 30.3 Å². The Hall–Kier alpha value is -1.43. The Balaban J connectivity index is 2.13. The zero-order chi connectivity index (χ0) is 16.3. The third-order valence-electron chi connectivity index (χ3n) is 2.61. The number of hydrogen-bond acceptors (Lipinski definition) is 2. The molecule has 0 unspecified atom stereocenters. The Morgan fingerprint density at radius 2 is 1.77 bits per heavy atom. The number of anilines is 1. The van der Waals surface area contributed by atoms with Crippen LogP contribution in [-0.4, -0.2) is 4.98 Å². The van der Waals surface area contributed by atoms with Gasteiger partial charge in [0.15, 0.2) is 0 Å². The smallest absolute Gasteiger partial charge is 0.360 e. The van der Waals surface area contributed by atoms with Crippen LogP contribution in [-0.2, 0) is 6.18 Å². The molecule has 0 saturated heterocycles. The number of nitrogens with one attached hydrogen (secondary N) is 1. The van der Waals surface area contributed by atoms with Gasteiger partial charge in [0.1, 0.15) is 0 Å². The minimum atomic E-state index is -4.48. The van der Waals surface area contributed by atoms with E-state index in [4.69, 9.17) is 34.8 Å². The number of nitrogens with zero attached hydrogens (tertiary/aromatic N) is 1. The maximum atomic E-state index is 12.5. The molecule has 2 aromatic rings. The van der Waals surface area contributed by atoms with Gasteiger partial charge in [0.25, 0.3) is 0 Å². The van der Waals surface area contributed by atoms with E-state index in [1.165, 1.54) is 12.3 Å². The first-order valence-corrected chi connectivity index (χ1v) is 7.01. The summed E-state index contributed by atoms with van der Waals surface area (Å²) < 4.78 is 37.5. The van der Waals surface area contributed by atoms with Crippen LogP contribution in [0.4, 0.5) is 18.9 Å². The lowest BCUT2D eigenvalue weighted by molar-refractivity contribution is -0.137. The highest BCUT2D eigenvalue weighted by molar-refractivity contribution is 6.36. The summed E-state index contributed by atoms with van der Waals surface area (Å²) >= 11 is 17.5. The molecule has 116 valence electrons. The molecule has 0 atom stereocenters. The Labute approximate surface area is 139 Å². The lowest BCUT2D eigenvalue weighted by atomic mass is 10.2. The van der Waals surface area contributed by atoms with Crippen molar-refractivity contribution in [1.29, 1.82) is 0 Å². The molecule has 1 aromatic heterocycles. The topological polar surface area (TPSA) is 24.9 Å². The van der Waals surface area contributed by atoms with E-state index in [1.807, 2.05) is 0 Å². The van der Waals surface area contributed by atoms with E-state index in [0.29, 0.717) is 15.7 Å². The van der Waals surface area contributed by atoms with Gasteiger partial charge in [-0.15, -0.1) is 0 Å². The average Bonchev–Trinajstić information content (AvgIpc) is 2.41. The van der Waals surface area contributed by atoms with Crippen molar-refractivity contribution in [2.45, 2.75) is 6.18 Å². The van der Waals surface area contributed by atoms with Crippen molar-refractivity contribution in [2.75, 3.05) is 5.32 Å². The van der Waals surface area contributed by atoms with Gasteiger partial charge in [-0.3, -0.25) is 4.98 Å². The molecule has 1 heterocycles. The van der Waals surface area contributed by atoms with Crippen LogP contribution < -0.4 is 5.32 Å². The Bertz CT molecular complexity index is 715. The minimum Gasteiger partial charge on any atom is -0.360 e. The van der Waals surface area contributed by atoms with Gasteiger partial charge < -0.3 is 5.32 Å². The van der Waals surface area contributed by atoms with Crippen LogP contribution in [0.5, 0.6) is 0 Å². The van der Waals surface area contributed by atoms with Gasteiger partial charge in [0, 0.05) is 17.4 Å². The van der Waals surface area contributed by atoms with Gasteiger partial charge in [0.05, 0.1) is 27.0 Å². The summed E-state index contributed by atoms with van der Waals surface area (Å²) in [4.78, 5) is 3.68. The Morgan fingerprint density at radius 1 is 1.05 bits per heavy atom. The van der Waals surface area contributed by atoms with E-state index in [2.05, 4.69) is 10.3 Å². The first kappa shape index (κ1) is 16.9. The summed E-state index contributed by atoms with van der Waals surface area (Å²) in [5, 5.41) is 3.67. The quantitative estimate of drug-likeness (QED) is 0.704. The predicted octanol–water partition coefficient (Wildman–Crippen LogP) is 6.14. The molecular formula is C14H8Cl3F3N2. The third kappa shape index (κ3) is 4.29. The molecule has 2 rings (SSSR count). The summed E-state index contributed by atoms with van der Waals surface area (Å²) in [6, 6.07) is 5.69. The van der Waals surface area contributed by atoms with Gasteiger partial charge in [0.2, 0.25) is 0 Å². The number of alkyl halides is 3. The highest BCUT2D eigenvalue weighted by atomic mass is 35.5. The molecule has 0 spiro atoms. The second kappa shape index (κ2) is 6.77. The Morgan fingerprint density at radius 3 is 2.36 bits per heavy atom. The van der Waals surface area contributed by atoms with Crippen LogP contribution in [0, 0.1) is 0 Å². The maximum Gasteiger partial charge on any atom is 0.417 e. The summed E-state index contributed by atoms with van der Waals surface area (Å²) in [6.07, 6.45) is -0.848. The SMILES string of the molecule is FC(F)(F)c1cnc(/C=C/Nc2ccc(Cl)cc2Cl)c(Cl)c1. The third-order valence-corrected chi connectivity index (χ3v) is 3.46. The van der Waals surface area contributed by atoms with Crippen molar-refractivity contribution < 1.29 is 13.2 Å². The largest absolute Gasteiger partial charge is 0.417 e. The van der Waals surface area contributed by atoms with Crippen LogP contribution in [0.3, 0.4) is 0 Å². The van der Waals surface area contributed by atoms with Crippen LogP contribution >= 0.6 is 34.8 Å². The molecule has 0 aliphatic carbocycles. The first-order valence-electron chi connectivity index (χ1n) is 5.88. The molecule has 0 aliphatic rings. The highest BCUT2D eigenvalue weighted by Gasteiger charge is 2.31. The molecule has 0 aliphatic heterocycles. The lowest BCUT2D eigenvalue weighted by Gasteiger charge is -2.07. The van der Waals surface area contributed by atoms with E-state index in [-0.39, 0.29) is 10.7 Å². The summed E-state index contributed by atoms with van der Waals surface area (Å²) in [7, 11) is 0. The van der Waals surface area contributed by atoms with Crippen molar-refractivity contribution >= 4 is 46.6 Å². The lowest BCUT2D eigenvalue weighted by Crippen LogP contribution is -2.05. The second-order valence-electron chi connectivity index (χ2n) is 4.19. The number of pyridine rings is 1. The molecule has 1 N–H and O–H groups in total. The molecule has 0 saturated carbocycles. The van der Waals surface area contributed by atoms with Gasteiger partial charge in [-0.1, -0.05) is 34.8 Å². The molecule has 8 heteroatoms. The Kier molecular flexibility index (Phi) is 5.21. The number of halogens is 6. The van der Waals surface area contributed by atoms with Crippen molar-refractivity contribution in [1.82, 2.24) is 4.98 Å². The molecule has 1 aromatic carbocycles. The van der Waals surface area contributed by atoms with Gasteiger partial charge in [-0.25, -0.2) is 0 Å². The number of benzene rings is 1. The fourth-order valence-electron chi connectivity index (χ4n) is 1.54. The molecule has 2 nitrogen and oxygen atoms in total. The van der Waals surface area contributed by atoms with Gasteiger partial charge >= 0.3 is 6.18 Å². The molecular weight excluding hydrogens is 360 g/mol. The first-order chi connectivity index (χ1) is 10.3. The van der Waals surface area contributed by atoms with Crippen molar-refractivity contribution in [3.8, 4) is 0 Å². The number of aromatic nitrogens is 1. The molecule has 0 amide bonds. The van der Waals surface area contributed by atoms with Crippen LogP contribution in [0.25, 0.3) is 6.08 Å². The molecule has 0 fully saturated rings. The summed E-state index contributed by atoms with van der Waals surface area (Å²) in [5.74, 6) is 0. The average molecular weight is 368 g/mol. The van der Waals surface area contributed by atoms with Crippen molar-refractivity contribution in [2.24, 2.45) is 0 Å². The number of rotatable bonds is 3. The fraction of sp³-hybridized carbons (Fsp3) is 0.0714. The van der Waals surface area contributed by atoms with Crippen LogP contribution in [0.2, 0.25) is 15.1 Å². The molecule has 0 bridgehead atoms. The van der Waals surface area contributed by atoms with Gasteiger partial charge in [-0.2, -0.15) is 13.2 Å².